The van der Waals surface area contributed by atoms with Gasteiger partial charge < -0.3 is 5.32 Å². The zero-order chi connectivity index (χ0) is 14.8. The van der Waals surface area contributed by atoms with E-state index in [2.05, 4.69) is 21.2 Å². The van der Waals surface area contributed by atoms with Gasteiger partial charge in [-0.2, -0.15) is 0 Å². The molecule has 1 aliphatic rings. The highest BCUT2D eigenvalue weighted by Crippen LogP contribution is 2.25. The summed E-state index contributed by atoms with van der Waals surface area (Å²) in [5, 5.41) is 2.62. The molecule has 1 fully saturated rings. The summed E-state index contributed by atoms with van der Waals surface area (Å²) >= 11 is 4.87. The molecule has 2 heterocycles. The number of thiophene rings is 1. The van der Waals surface area contributed by atoms with Gasteiger partial charge in [0.2, 0.25) is 0 Å². The van der Waals surface area contributed by atoms with Crippen molar-refractivity contribution in [3.63, 3.8) is 0 Å². The Morgan fingerprint density at radius 3 is 2.57 bits per heavy atom. The third-order valence-electron chi connectivity index (χ3n) is 3.03. The van der Waals surface area contributed by atoms with Crippen molar-refractivity contribution in [2.24, 2.45) is 0 Å². The molecule has 3 amide bonds. The molecular weight excluding hydrogens is 352 g/mol. The van der Waals surface area contributed by atoms with Crippen molar-refractivity contribution >= 4 is 45.3 Å². The SMILES string of the molecule is O=C1N/C(=C/c2ccc(Br)s2)C(=O)N1Cc1ccccc1. The van der Waals surface area contributed by atoms with Gasteiger partial charge in [-0.25, -0.2) is 4.79 Å². The molecule has 0 aliphatic carbocycles. The van der Waals surface area contributed by atoms with Crippen LogP contribution in [0, 0.1) is 0 Å². The highest BCUT2D eigenvalue weighted by atomic mass is 79.9. The standard InChI is InChI=1S/C15H11BrN2O2S/c16-13-7-6-11(21-13)8-12-14(19)18(15(20)17-12)9-10-4-2-1-3-5-10/h1-8H,9H2,(H,17,20)/b12-8+. The van der Waals surface area contributed by atoms with Gasteiger partial charge in [-0.3, -0.25) is 9.69 Å². The third-order valence-corrected chi connectivity index (χ3v) is 4.60. The van der Waals surface area contributed by atoms with E-state index >= 15 is 0 Å². The Morgan fingerprint density at radius 1 is 1.14 bits per heavy atom. The van der Waals surface area contributed by atoms with E-state index in [9.17, 15) is 9.59 Å². The Morgan fingerprint density at radius 2 is 1.90 bits per heavy atom. The third kappa shape index (κ3) is 3.06. The molecule has 0 unspecified atom stereocenters. The largest absolute Gasteiger partial charge is 0.329 e. The van der Waals surface area contributed by atoms with Gasteiger partial charge in [0.05, 0.1) is 10.3 Å². The van der Waals surface area contributed by atoms with Gasteiger partial charge in [-0.1, -0.05) is 30.3 Å². The van der Waals surface area contributed by atoms with Crippen molar-refractivity contribution in [3.8, 4) is 0 Å². The Balaban J connectivity index is 1.81. The van der Waals surface area contributed by atoms with Crippen LogP contribution in [0.15, 0.2) is 51.9 Å². The van der Waals surface area contributed by atoms with Crippen LogP contribution in [0.25, 0.3) is 6.08 Å². The van der Waals surface area contributed by atoms with Crippen LogP contribution in [0.1, 0.15) is 10.4 Å². The summed E-state index contributed by atoms with van der Waals surface area (Å²) in [6.07, 6.45) is 1.70. The fraction of sp³-hybridized carbons (Fsp3) is 0.0667. The normalized spacial score (nSPS) is 16.6. The van der Waals surface area contributed by atoms with Gasteiger partial charge in [0.25, 0.3) is 5.91 Å². The van der Waals surface area contributed by atoms with E-state index in [0.29, 0.717) is 5.70 Å². The van der Waals surface area contributed by atoms with Crippen molar-refractivity contribution in [2.45, 2.75) is 6.54 Å². The van der Waals surface area contributed by atoms with Crippen molar-refractivity contribution in [1.82, 2.24) is 10.2 Å². The lowest BCUT2D eigenvalue weighted by molar-refractivity contribution is -0.123. The molecule has 1 aromatic carbocycles. The molecule has 21 heavy (non-hydrogen) atoms. The Bertz CT molecular complexity index is 724. The smallest absolute Gasteiger partial charge is 0.303 e. The highest BCUT2D eigenvalue weighted by Gasteiger charge is 2.33. The molecule has 6 heteroatoms. The number of amides is 3. The van der Waals surface area contributed by atoms with Crippen LogP contribution >= 0.6 is 27.3 Å². The van der Waals surface area contributed by atoms with E-state index in [-0.39, 0.29) is 18.5 Å². The van der Waals surface area contributed by atoms with Crippen LogP contribution in [-0.4, -0.2) is 16.8 Å². The van der Waals surface area contributed by atoms with E-state index in [4.69, 9.17) is 0 Å². The molecule has 0 spiro atoms. The van der Waals surface area contributed by atoms with Crippen molar-refractivity contribution in [2.75, 3.05) is 0 Å². The summed E-state index contributed by atoms with van der Waals surface area (Å²) in [6, 6.07) is 12.8. The van der Waals surface area contributed by atoms with Gasteiger partial charge in [0.1, 0.15) is 5.70 Å². The summed E-state index contributed by atoms with van der Waals surface area (Å²) in [7, 11) is 0. The molecular formula is C15H11BrN2O2S. The molecule has 1 aromatic heterocycles. The average molecular weight is 363 g/mol. The number of carbonyl (C=O) groups excluding carboxylic acids is 2. The van der Waals surface area contributed by atoms with E-state index in [0.717, 1.165) is 14.2 Å². The number of imide groups is 1. The van der Waals surface area contributed by atoms with Gasteiger partial charge >= 0.3 is 6.03 Å². The Labute approximate surface area is 134 Å². The number of hydrogen-bond donors (Lipinski definition) is 1. The first-order valence-corrected chi connectivity index (χ1v) is 7.88. The second kappa shape index (κ2) is 5.83. The maximum absolute atomic E-state index is 12.3. The van der Waals surface area contributed by atoms with Gasteiger partial charge in [0, 0.05) is 4.88 Å². The molecule has 4 nitrogen and oxygen atoms in total. The van der Waals surface area contributed by atoms with Crippen LogP contribution in [-0.2, 0) is 11.3 Å². The number of halogens is 1. The lowest BCUT2D eigenvalue weighted by atomic mass is 10.2. The molecule has 0 saturated carbocycles. The molecule has 1 saturated heterocycles. The lowest BCUT2D eigenvalue weighted by Gasteiger charge is -2.11. The minimum atomic E-state index is -0.384. The molecule has 0 radical (unpaired) electrons. The van der Waals surface area contributed by atoms with E-state index < -0.39 is 0 Å². The number of hydrogen-bond acceptors (Lipinski definition) is 3. The first-order valence-electron chi connectivity index (χ1n) is 6.27. The average Bonchev–Trinajstić information content (AvgIpc) is 2.99. The van der Waals surface area contributed by atoms with E-state index in [1.54, 1.807) is 6.08 Å². The quantitative estimate of drug-likeness (QED) is 0.669. The summed E-state index contributed by atoms with van der Waals surface area (Å²) in [5.41, 5.74) is 1.23. The van der Waals surface area contributed by atoms with E-state index in [1.807, 2.05) is 42.5 Å². The molecule has 1 aliphatic heterocycles. The monoisotopic (exact) mass is 362 g/mol. The predicted molar refractivity (Wildman–Crippen MR) is 85.5 cm³/mol. The van der Waals surface area contributed by atoms with Crippen LogP contribution in [0.4, 0.5) is 4.79 Å². The summed E-state index contributed by atoms with van der Waals surface area (Å²) in [4.78, 5) is 26.4. The minimum Gasteiger partial charge on any atom is -0.303 e. The number of nitrogens with zero attached hydrogens (tertiary/aromatic N) is 1. The Kier molecular flexibility index (Phi) is 3.90. The molecule has 3 rings (SSSR count). The molecule has 2 aromatic rings. The second-order valence-corrected chi connectivity index (χ2v) is 7.00. The van der Waals surface area contributed by atoms with Crippen LogP contribution in [0.3, 0.4) is 0 Å². The minimum absolute atomic E-state index is 0.275. The van der Waals surface area contributed by atoms with Crippen molar-refractivity contribution < 1.29 is 9.59 Å². The van der Waals surface area contributed by atoms with E-state index in [1.165, 1.54) is 16.2 Å². The summed E-state index contributed by atoms with van der Waals surface area (Å²) < 4.78 is 0.979. The van der Waals surface area contributed by atoms with Crippen molar-refractivity contribution in [3.05, 3.63) is 62.4 Å². The molecule has 0 atom stereocenters. The first kappa shape index (κ1) is 14.0. The zero-order valence-electron chi connectivity index (χ0n) is 10.9. The number of nitrogens with one attached hydrogen (secondary N) is 1. The van der Waals surface area contributed by atoms with Crippen molar-refractivity contribution in [1.29, 1.82) is 0 Å². The number of benzene rings is 1. The molecule has 106 valence electrons. The maximum atomic E-state index is 12.3. The Hall–Kier alpha value is -1.92. The first-order chi connectivity index (χ1) is 10.1. The molecule has 1 N–H and O–H groups in total. The van der Waals surface area contributed by atoms with Crippen LogP contribution in [0.5, 0.6) is 0 Å². The second-order valence-electron chi connectivity index (χ2n) is 4.51. The number of rotatable bonds is 3. The van der Waals surface area contributed by atoms with Gasteiger partial charge in [-0.15, -0.1) is 11.3 Å². The fourth-order valence-corrected chi connectivity index (χ4v) is 3.40. The summed E-state index contributed by atoms with van der Waals surface area (Å²) in [5.74, 6) is -0.298. The fourth-order valence-electron chi connectivity index (χ4n) is 2.03. The highest BCUT2D eigenvalue weighted by molar-refractivity contribution is 9.11. The number of carbonyl (C=O) groups is 2. The topological polar surface area (TPSA) is 49.4 Å². The van der Waals surface area contributed by atoms with Gasteiger partial charge in [0.15, 0.2) is 0 Å². The summed E-state index contributed by atoms with van der Waals surface area (Å²) in [6.45, 7) is 0.275. The van der Waals surface area contributed by atoms with Crippen LogP contribution in [0.2, 0.25) is 0 Å². The molecule has 0 bridgehead atoms. The van der Waals surface area contributed by atoms with Gasteiger partial charge in [-0.05, 0) is 39.7 Å². The van der Waals surface area contributed by atoms with Crippen LogP contribution < -0.4 is 5.32 Å². The zero-order valence-corrected chi connectivity index (χ0v) is 13.3. The number of urea groups is 1. The predicted octanol–water partition coefficient (Wildman–Crippen LogP) is 3.60. The lowest BCUT2D eigenvalue weighted by Crippen LogP contribution is -2.30. The maximum Gasteiger partial charge on any atom is 0.329 e.